The molecule has 0 heterocycles. The highest BCUT2D eigenvalue weighted by atomic mass is 16.6. The summed E-state index contributed by atoms with van der Waals surface area (Å²) in [6, 6.07) is 0. The van der Waals surface area contributed by atoms with Gasteiger partial charge in [0.25, 0.3) is 0 Å². The number of aliphatic hydroxyl groups is 1. The second kappa shape index (κ2) is 6.85. The molecule has 0 aliphatic heterocycles. The summed E-state index contributed by atoms with van der Waals surface area (Å²) in [5.74, 6) is 0.765. The van der Waals surface area contributed by atoms with E-state index in [1.807, 2.05) is 0 Å². The highest BCUT2D eigenvalue weighted by Crippen LogP contribution is 2.33. The molecule has 18 heavy (non-hydrogen) atoms. The van der Waals surface area contributed by atoms with E-state index < -0.39 is 0 Å². The first-order valence-corrected chi connectivity index (χ1v) is 7.14. The molecule has 0 bridgehead atoms. The zero-order valence-electron chi connectivity index (χ0n) is 11.5. The molecule has 2 aliphatic carbocycles. The van der Waals surface area contributed by atoms with Crippen LogP contribution in [0.5, 0.6) is 0 Å². The summed E-state index contributed by atoms with van der Waals surface area (Å²) < 4.78 is 16.6. The van der Waals surface area contributed by atoms with Crippen LogP contribution in [0.4, 0.5) is 0 Å². The Kier molecular flexibility index (Phi) is 5.42. The third-order valence-electron chi connectivity index (χ3n) is 4.07. The van der Waals surface area contributed by atoms with E-state index in [9.17, 15) is 5.11 Å². The normalized spacial score (nSPS) is 40.5. The number of hydrogen-bond donors (Lipinski definition) is 1. The number of aliphatic hydroxyl groups excluding tert-OH is 1. The monoisotopic (exact) mass is 258 g/mol. The summed E-state index contributed by atoms with van der Waals surface area (Å²) in [5.41, 5.74) is 0. The third kappa shape index (κ3) is 3.67. The molecular formula is C14H26O4. The molecule has 2 rings (SSSR count). The molecule has 5 unspecified atom stereocenters. The Bertz CT molecular complexity index is 246. The quantitative estimate of drug-likeness (QED) is 0.737. The molecule has 2 aliphatic rings. The number of methoxy groups -OCH3 is 1. The van der Waals surface area contributed by atoms with E-state index in [-0.39, 0.29) is 18.3 Å². The van der Waals surface area contributed by atoms with Gasteiger partial charge in [-0.3, -0.25) is 0 Å². The van der Waals surface area contributed by atoms with E-state index in [2.05, 4.69) is 6.92 Å². The van der Waals surface area contributed by atoms with Crippen molar-refractivity contribution in [2.75, 3.05) is 20.3 Å². The first-order chi connectivity index (χ1) is 8.70. The lowest BCUT2D eigenvalue weighted by molar-refractivity contribution is -0.214. The molecule has 0 amide bonds. The average molecular weight is 258 g/mol. The number of hydrogen-bond acceptors (Lipinski definition) is 4. The highest BCUT2D eigenvalue weighted by Gasteiger charge is 2.43. The minimum absolute atomic E-state index is 0.0761. The number of ether oxygens (including phenoxy) is 3. The Balaban J connectivity index is 1.71. The topological polar surface area (TPSA) is 47.9 Å². The second-order valence-corrected chi connectivity index (χ2v) is 5.70. The molecule has 0 saturated heterocycles. The molecule has 0 radical (unpaired) electrons. The van der Waals surface area contributed by atoms with Crippen LogP contribution in [0.1, 0.15) is 39.0 Å². The lowest BCUT2D eigenvalue weighted by atomic mass is 9.85. The van der Waals surface area contributed by atoms with Gasteiger partial charge in [0.1, 0.15) is 6.10 Å². The van der Waals surface area contributed by atoms with Gasteiger partial charge in [-0.15, -0.1) is 0 Å². The van der Waals surface area contributed by atoms with Crippen molar-refractivity contribution in [2.45, 2.75) is 63.4 Å². The summed E-state index contributed by atoms with van der Waals surface area (Å²) in [7, 11) is 1.65. The predicted molar refractivity (Wildman–Crippen MR) is 68.5 cm³/mol. The Morgan fingerprint density at radius 1 is 1.17 bits per heavy atom. The molecule has 0 aromatic rings. The van der Waals surface area contributed by atoms with Crippen LogP contribution in [0, 0.1) is 5.92 Å². The minimum Gasteiger partial charge on any atom is -0.390 e. The Morgan fingerprint density at radius 3 is 2.67 bits per heavy atom. The van der Waals surface area contributed by atoms with Crippen LogP contribution in [0.25, 0.3) is 0 Å². The van der Waals surface area contributed by atoms with Crippen LogP contribution >= 0.6 is 0 Å². The van der Waals surface area contributed by atoms with Gasteiger partial charge < -0.3 is 19.3 Å². The van der Waals surface area contributed by atoms with Gasteiger partial charge in [0, 0.05) is 13.5 Å². The molecule has 2 saturated carbocycles. The Labute approximate surface area is 110 Å². The maximum atomic E-state index is 9.71. The van der Waals surface area contributed by atoms with Gasteiger partial charge in [0.2, 0.25) is 0 Å². The minimum atomic E-state index is -0.368. The average Bonchev–Trinajstić information content (AvgIpc) is 2.34. The zero-order valence-corrected chi connectivity index (χ0v) is 11.5. The van der Waals surface area contributed by atoms with Crippen molar-refractivity contribution in [1.29, 1.82) is 0 Å². The van der Waals surface area contributed by atoms with Gasteiger partial charge in [-0.25, -0.2) is 0 Å². The van der Waals surface area contributed by atoms with Crippen LogP contribution in [0.3, 0.4) is 0 Å². The lowest BCUT2D eigenvalue weighted by Crippen LogP contribution is -2.55. The van der Waals surface area contributed by atoms with Gasteiger partial charge in [0.15, 0.2) is 0 Å². The largest absolute Gasteiger partial charge is 0.390 e. The molecule has 0 spiro atoms. The molecule has 0 aromatic heterocycles. The van der Waals surface area contributed by atoms with Gasteiger partial charge in [-0.1, -0.05) is 19.8 Å². The molecule has 4 nitrogen and oxygen atoms in total. The number of rotatable bonds is 6. The van der Waals surface area contributed by atoms with Crippen molar-refractivity contribution in [3.05, 3.63) is 0 Å². The first kappa shape index (κ1) is 14.3. The van der Waals surface area contributed by atoms with Crippen LogP contribution in [0.2, 0.25) is 0 Å². The first-order valence-electron chi connectivity index (χ1n) is 7.14. The summed E-state index contributed by atoms with van der Waals surface area (Å²) >= 11 is 0. The Hall–Kier alpha value is -0.160. The van der Waals surface area contributed by atoms with Gasteiger partial charge in [-0.05, 0) is 18.8 Å². The standard InChI is InChI=1S/C14H26O4/c1-10-4-3-5-11(8-10)18-13-9-12(15)14(13)17-7-6-16-2/h10-15H,3-9H2,1-2H3. The van der Waals surface area contributed by atoms with Gasteiger partial charge >= 0.3 is 0 Å². The fourth-order valence-corrected chi connectivity index (χ4v) is 2.93. The van der Waals surface area contributed by atoms with Crippen molar-refractivity contribution in [1.82, 2.24) is 0 Å². The van der Waals surface area contributed by atoms with E-state index in [4.69, 9.17) is 14.2 Å². The van der Waals surface area contributed by atoms with E-state index in [0.29, 0.717) is 25.7 Å². The summed E-state index contributed by atoms with van der Waals surface area (Å²) in [6.45, 7) is 3.38. The fourth-order valence-electron chi connectivity index (χ4n) is 2.93. The van der Waals surface area contributed by atoms with Crippen molar-refractivity contribution in [3.8, 4) is 0 Å². The van der Waals surface area contributed by atoms with Crippen molar-refractivity contribution in [3.63, 3.8) is 0 Å². The maximum Gasteiger partial charge on any atom is 0.110 e. The molecule has 2 fully saturated rings. The van der Waals surface area contributed by atoms with E-state index >= 15 is 0 Å². The van der Waals surface area contributed by atoms with Gasteiger partial charge in [0.05, 0.1) is 31.5 Å². The molecule has 4 heteroatoms. The third-order valence-corrected chi connectivity index (χ3v) is 4.07. The van der Waals surface area contributed by atoms with Gasteiger partial charge in [-0.2, -0.15) is 0 Å². The summed E-state index contributed by atoms with van der Waals surface area (Å²) in [4.78, 5) is 0. The Morgan fingerprint density at radius 2 is 2.00 bits per heavy atom. The van der Waals surface area contributed by atoms with Crippen molar-refractivity contribution in [2.24, 2.45) is 5.92 Å². The summed E-state index contributed by atoms with van der Waals surface area (Å²) in [6.07, 6.45) is 5.51. The smallest absolute Gasteiger partial charge is 0.110 e. The van der Waals surface area contributed by atoms with Crippen molar-refractivity contribution >= 4 is 0 Å². The van der Waals surface area contributed by atoms with Crippen LogP contribution in [-0.2, 0) is 14.2 Å². The SMILES string of the molecule is COCCOC1C(O)CC1OC1CCCC(C)C1. The van der Waals surface area contributed by atoms with E-state index in [0.717, 1.165) is 18.8 Å². The summed E-state index contributed by atoms with van der Waals surface area (Å²) in [5, 5.41) is 9.71. The molecule has 1 N–H and O–H groups in total. The predicted octanol–water partition coefficient (Wildman–Crippen LogP) is 1.75. The highest BCUT2D eigenvalue weighted by molar-refractivity contribution is 4.93. The molecule has 106 valence electrons. The van der Waals surface area contributed by atoms with E-state index in [1.165, 1.54) is 12.8 Å². The van der Waals surface area contributed by atoms with Crippen LogP contribution in [0.15, 0.2) is 0 Å². The zero-order chi connectivity index (χ0) is 13.0. The van der Waals surface area contributed by atoms with E-state index in [1.54, 1.807) is 7.11 Å². The maximum absolute atomic E-state index is 9.71. The van der Waals surface area contributed by atoms with Crippen molar-refractivity contribution < 1.29 is 19.3 Å². The molecule has 0 aromatic carbocycles. The van der Waals surface area contributed by atoms with Crippen LogP contribution < -0.4 is 0 Å². The molecule has 5 atom stereocenters. The second-order valence-electron chi connectivity index (χ2n) is 5.70. The fraction of sp³-hybridized carbons (Fsp3) is 1.00. The lowest BCUT2D eigenvalue weighted by Gasteiger charge is -2.43. The molecular weight excluding hydrogens is 232 g/mol. The van der Waals surface area contributed by atoms with Crippen LogP contribution in [-0.4, -0.2) is 49.8 Å².